The Morgan fingerprint density at radius 2 is 1.77 bits per heavy atom. The molecule has 13 heteroatoms. The van der Waals surface area contributed by atoms with Crippen molar-refractivity contribution >= 4 is 33.7 Å². The maximum Gasteiger partial charge on any atom is 0.289 e. The zero-order valence-corrected chi connectivity index (χ0v) is 17.1. The number of ether oxygens (including phenoxy) is 1. The molecule has 3 N–H and O–H groups in total. The number of hydrogen-bond donors (Lipinski definition) is 3. The van der Waals surface area contributed by atoms with E-state index >= 15 is 0 Å². The molecule has 0 fully saturated rings. The van der Waals surface area contributed by atoms with Crippen LogP contribution in [0.5, 0.6) is 5.75 Å². The van der Waals surface area contributed by atoms with Gasteiger partial charge in [-0.25, -0.2) is 18.6 Å². The summed E-state index contributed by atoms with van der Waals surface area (Å²) in [5.41, 5.74) is 2.29. The second kappa shape index (κ2) is 10.8. The molecular weight excluding hydrogens is 430 g/mol. The van der Waals surface area contributed by atoms with Crippen LogP contribution in [-0.4, -0.2) is 51.6 Å². The Kier molecular flexibility index (Phi) is 8.16. The summed E-state index contributed by atoms with van der Waals surface area (Å²) in [5, 5.41) is 16.9. The number of nitrogens with one attached hydrogen (secondary N) is 3. The molecule has 2 aromatic carbocycles. The van der Waals surface area contributed by atoms with E-state index in [1.54, 1.807) is 24.3 Å². The van der Waals surface area contributed by atoms with Gasteiger partial charge in [-0.3, -0.25) is 19.7 Å². The van der Waals surface area contributed by atoms with Gasteiger partial charge in [0.2, 0.25) is 15.9 Å². The van der Waals surface area contributed by atoms with E-state index in [0.29, 0.717) is 11.3 Å². The van der Waals surface area contributed by atoms with Crippen LogP contribution in [0.15, 0.2) is 58.5 Å². The van der Waals surface area contributed by atoms with Gasteiger partial charge in [-0.15, -0.1) is 0 Å². The number of nitro benzene ring substituents is 1. The van der Waals surface area contributed by atoms with Crippen molar-refractivity contribution in [3.63, 3.8) is 0 Å². The highest BCUT2D eigenvalue weighted by molar-refractivity contribution is 7.89. The first-order valence-corrected chi connectivity index (χ1v) is 10.2. The van der Waals surface area contributed by atoms with Crippen LogP contribution < -0.4 is 20.2 Å². The second-order valence-corrected chi connectivity index (χ2v) is 7.63. The predicted molar refractivity (Wildman–Crippen MR) is 110 cm³/mol. The van der Waals surface area contributed by atoms with Crippen molar-refractivity contribution < 1.29 is 27.7 Å². The van der Waals surface area contributed by atoms with Crippen molar-refractivity contribution in [3.05, 3.63) is 64.2 Å². The number of amides is 2. The predicted octanol–water partition coefficient (Wildman–Crippen LogP) is 0.148. The summed E-state index contributed by atoms with van der Waals surface area (Å²) < 4.78 is 31.4. The third-order valence-corrected chi connectivity index (χ3v) is 5.19. The molecule has 2 amide bonds. The fourth-order valence-corrected chi connectivity index (χ4v) is 3.38. The van der Waals surface area contributed by atoms with E-state index in [0.717, 1.165) is 12.1 Å². The molecule has 12 nitrogen and oxygen atoms in total. The van der Waals surface area contributed by atoms with E-state index in [4.69, 9.17) is 4.74 Å². The lowest BCUT2D eigenvalue weighted by Gasteiger charge is -2.08. The molecule has 31 heavy (non-hydrogen) atoms. The van der Waals surface area contributed by atoms with Crippen LogP contribution >= 0.6 is 0 Å². The number of hydrogen-bond acceptors (Lipinski definition) is 8. The zero-order chi connectivity index (χ0) is 22.9. The van der Waals surface area contributed by atoms with Gasteiger partial charge in [0.25, 0.3) is 11.6 Å². The van der Waals surface area contributed by atoms with Crippen molar-refractivity contribution in [1.29, 1.82) is 0 Å². The maximum absolute atomic E-state index is 12.2. The molecule has 0 atom stereocenters. The quantitative estimate of drug-likeness (QED) is 0.263. The molecular formula is C18H19N5O7S. The highest BCUT2D eigenvalue weighted by Gasteiger charge is 2.25. The van der Waals surface area contributed by atoms with Gasteiger partial charge in [0.15, 0.2) is 4.90 Å². The van der Waals surface area contributed by atoms with Crippen LogP contribution in [0.3, 0.4) is 0 Å². The number of carbonyl (C=O) groups excluding carboxylic acids is 2. The minimum Gasteiger partial charge on any atom is -0.497 e. The number of carbonyl (C=O) groups is 2. The molecule has 0 heterocycles. The van der Waals surface area contributed by atoms with Crippen LogP contribution in [-0.2, 0) is 19.6 Å². The van der Waals surface area contributed by atoms with E-state index in [2.05, 4.69) is 15.8 Å². The van der Waals surface area contributed by atoms with Crippen LogP contribution in [0.1, 0.15) is 5.56 Å². The van der Waals surface area contributed by atoms with E-state index < -0.39 is 50.4 Å². The van der Waals surface area contributed by atoms with Gasteiger partial charge in [0.05, 0.1) is 31.3 Å². The van der Waals surface area contributed by atoms with E-state index in [9.17, 15) is 28.1 Å². The Labute approximate surface area is 177 Å². The summed E-state index contributed by atoms with van der Waals surface area (Å²) in [6.07, 6.45) is 1.39. The molecule has 0 saturated carbocycles. The molecule has 0 aliphatic carbocycles. The lowest BCUT2D eigenvalue weighted by Crippen LogP contribution is -2.41. The van der Waals surface area contributed by atoms with Gasteiger partial charge in [-0.05, 0) is 35.9 Å². The number of para-hydroxylation sites is 1. The van der Waals surface area contributed by atoms with Gasteiger partial charge in [-0.2, -0.15) is 5.10 Å². The SMILES string of the molecule is COc1ccc(C=NNC(=O)CNC(=O)CNS(=O)(=O)c2ccccc2[N+](=O)[O-])cc1. The molecule has 0 aliphatic heterocycles. The summed E-state index contributed by atoms with van der Waals surface area (Å²) >= 11 is 0. The normalized spacial score (nSPS) is 11.1. The summed E-state index contributed by atoms with van der Waals surface area (Å²) in [6, 6.07) is 11.6. The zero-order valence-electron chi connectivity index (χ0n) is 16.3. The molecule has 2 rings (SSSR count). The monoisotopic (exact) mass is 449 g/mol. The number of benzene rings is 2. The Hall–Kier alpha value is -3.84. The first-order valence-electron chi connectivity index (χ1n) is 8.68. The smallest absolute Gasteiger partial charge is 0.289 e. The van der Waals surface area contributed by atoms with Gasteiger partial charge < -0.3 is 10.1 Å². The van der Waals surface area contributed by atoms with Gasteiger partial charge in [-0.1, -0.05) is 12.1 Å². The van der Waals surface area contributed by atoms with E-state index in [1.165, 1.54) is 25.5 Å². The van der Waals surface area contributed by atoms with Crippen LogP contribution in [0.25, 0.3) is 0 Å². The van der Waals surface area contributed by atoms with Crippen LogP contribution in [0.2, 0.25) is 0 Å². The first kappa shape index (κ1) is 23.4. The minimum atomic E-state index is -4.30. The minimum absolute atomic E-state index is 0.452. The number of rotatable bonds is 10. The summed E-state index contributed by atoms with van der Waals surface area (Å²) in [7, 11) is -2.77. The van der Waals surface area contributed by atoms with E-state index in [1.807, 2.05) is 4.72 Å². The van der Waals surface area contributed by atoms with Crippen molar-refractivity contribution in [2.45, 2.75) is 4.90 Å². The molecule has 0 unspecified atom stereocenters. The fraction of sp³-hybridized carbons (Fsp3) is 0.167. The lowest BCUT2D eigenvalue weighted by atomic mass is 10.2. The van der Waals surface area contributed by atoms with Crippen LogP contribution in [0.4, 0.5) is 5.69 Å². The first-order chi connectivity index (χ1) is 14.7. The van der Waals surface area contributed by atoms with Gasteiger partial charge >= 0.3 is 0 Å². The Morgan fingerprint density at radius 1 is 1.10 bits per heavy atom. The summed E-state index contributed by atoms with van der Waals surface area (Å²) in [4.78, 5) is 33.1. The highest BCUT2D eigenvalue weighted by Crippen LogP contribution is 2.22. The molecule has 0 radical (unpaired) electrons. The standard InChI is InChI=1S/C18H19N5O7S/c1-30-14-8-6-13(7-9-14)10-20-22-18(25)11-19-17(24)12-21-31(28,29)16-5-3-2-4-15(16)23(26)27/h2-10,21H,11-12H2,1H3,(H,19,24)(H,22,25). The topological polar surface area (TPSA) is 169 Å². The summed E-state index contributed by atoms with van der Waals surface area (Å²) in [5.74, 6) is -0.780. The lowest BCUT2D eigenvalue weighted by molar-refractivity contribution is -0.387. The molecule has 0 spiro atoms. The third-order valence-electron chi connectivity index (χ3n) is 3.74. The average molecular weight is 449 g/mol. The number of methoxy groups -OCH3 is 1. The largest absolute Gasteiger partial charge is 0.497 e. The van der Waals surface area contributed by atoms with Crippen molar-refractivity contribution in [2.24, 2.45) is 5.10 Å². The van der Waals surface area contributed by atoms with Gasteiger partial charge in [0, 0.05) is 6.07 Å². The van der Waals surface area contributed by atoms with Crippen molar-refractivity contribution in [3.8, 4) is 5.75 Å². The third kappa shape index (κ3) is 7.17. The van der Waals surface area contributed by atoms with Gasteiger partial charge in [0.1, 0.15) is 5.75 Å². The van der Waals surface area contributed by atoms with E-state index in [-0.39, 0.29) is 0 Å². The molecule has 0 aliphatic rings. The second-order valence-electron chi connectivity index (χ2n) is 5.89. The Balaban J connectivity index is 1.80. The Morgan fingerprint density at radius 3 is 2.42 bits per heavy atom. The molecule has 0 saturated heterocycles. The molecule has 0 bridgehead atoms. The van der Waals surface area contributed by atoms with Crippen molar-refractivity contribution in [2.75, 3.05) is 20.2 Å². The highest BCUT2D eigenvalue weighted by atomic mass is 32.2. The van der Waals surface area contributed by atoms with Crippen LogP contribution in [0, 0.1) is 10.1 Å². The van der Waals surface area contributed by atoms with Crippen molar-refractivity contribution in [1.82, 2.24) is 15.5 Å². The fourth-order valence-electron chi connectivity index (χ4n) is 2.22. The maximum atomic E-state index is 12.2. The summed E-state index contributed by atoms with van der Waals surface area (Å²) in [6.45, 7) is -1.16. The number of hydrazone groups is 1. The molecule has 0 aromatic heterocycles. The number of nitrogens with zero attached hydrogens (tertiary/aromatic N) is 2. The number of sulfonamides is 1. The number of nitro groups is 1. The molecule has 2 aromatic rings. The molecule has 164 valence electrons. The Bertz CT molecular complexity index is 1080. The average Bonchev–Trinajstić information content (AvgIpc) is 2.76.